The molecule has 2 aromatic rings. The molecular weight excluding hydrogens is 424 g/mol. The van der Waals surface area contributed by atoms with Gasteiger partial charge in [0.15, 0.2) is 0 Å². The van der Waals surface area contributed by atoms with Gasteiger partial charge in [-0.15, -0.1) is 0 Å². The summed E-state index contributed by atoms with van der Waals surface area (Å²) in [5.74, 6) is 2.61. The standard InChI is InChI=1S/C34H46O/c1-25(2)29-13-17-33(18-14-29)31-9-5-27(6-10-31)21-23-35-24-22-28-7-11-32(12-8-28)34-19-15-30(16-20-34)26(3)4/h5,7,13-20,25-26,31-32H,6,8-12,21-24H2,1-4H3. The van der Waals surface area contributed by atoms with E-state index in [1.807, 2.05) is 0 Å². The van der Waals surface area contributed by atoms with E-state index >= 15 is 0 Å². The minimum absolute atomic E-state index is 0.612. The molecular formula is C34H46O. The largest absolute Gasteiger partial charge is 0.381 e. The second-order valence-corrected chi connectivity index (χ2v) is 11.4. The van der Waals surface area contributed by atoms with E-state index in [4.69, 9.17) is 4.74 Å². The van der Waals surface area contributed by atoms with Gasteiger partial charge in [0.1, 0.15) is 0 Å². The van der Waals surface area contributed by atoms with Crippen LogP contribution in [0.15, 0.2) is 71.8 Å². The van der Waals surface area contributed by atoms with E-state index in [9.17, 15) is 0 Å². The molecule has 0 saturated carbocycles. The van der Waals surface area contributed by atoms with E-state index in [2.05, 4.69) is 88.4 Å². The minimum Gasteiger partial charge on any atom is -0.381 e. The van der Waals surface area contributed by atoms with Gasteiger partial charge in [0.25, 0.3) is 0 Å². The van der Waals surface area contributed by atoms with Crippen molar-refractivity contribution < 1.29 is 4.74 Å². The van der Waals surface area contributed by atoms with Crippen LogP contribution < -0.4 is 0 Å². The van der Waals surface area contributed by atoms with Crippen LogP contribution in [-0.4, -0.2) is 13.2 Å². The highest BCUT2D eigenvalue weighted by Gasteiger charge is 2.18. The maximum absolute atomic E-state index is 6.05. The highest BCUT2D eigenvalue weighted by atomic mass is 16.5. The lowest BCUT2D eigenvalue weighted by molar-refractivity contribution is 0.138. The first-order chi connectivity index (χ1) is 17.0. The molecule has 0 saturated heterocycles. The van der Waals surface area contributed by atoms with Crippen molar-refractivity contribution in [3.05, 3.63) is 94.1 Å². The zero-order chi connectivity index (χ0) is 24.6. The number of benzene rings is 2. The predicted molar refractivity (Wildman–Crippen MR) is 150 cm³/mol. The highest BCUT2D eigenvalue weighted by molar-refractivity contribution is 5.30. The van der Waals surface area contributed by atoms with Crippen molar-refractivity contribution in [2.24, 2.45) is 0 Å². The van der Waals surface area contributed by atoms with Crippen LogP contribution in [-0.2, 0) is 4.74 Å². The molecule has 0 aromatic heterocycles. The third-order valence-corrected chi connectivity index (χ3v) is 8.29. The van der Waals surface area contributed by atoms with Crippen molar-refractivity contribution in [3.63, 3.8) is 0 Å². The zero-order valence-corrected chi connectivity index (χ0v) is 22.6. The molecule has 2 unspecified atom stereocenters. The Morgan fingerprint density at radius 2 is 1.03 bits per heavy atom. The number of rotatable bonds is 10. The molecule has 0 amide bonds. The lowest BCUT2D eigenvalue weighted by atomic mass is 9.83. The number of ether oxygens (including phenoxy) is 1. The van der Waals surface area contributed by atoms with E-state index in [1.165, 1.54) is 60.8 Å². The Balaban J connectivity index is 1.12. The van der Waals surface area contributed by atoms with Crippen molar-refractivity contribution in [1.29, 1.82) is 0 Å². The van der Waals surface area contributed by atoms with Gasteiger partial charge < -0.3 is 4.74 Å². The van der Waals surface area contributed by atoms with E-state index in [1.54, 1.807) is 11.1 Å². The van der Waals surface area contributed by atoms with E-state index in [-0.39, 0.29) is 0 Å². The molecule has 0 aliphatic heterocycles. The van der Waals surface area contributed by atoms with Crippen molar-refractivity contribution in [2.75, 3.05) is 13.2 Å². The Morgan fingerprint density at radius 1 is 0.629 bits per heavy atom. The molecule has 2 aliphatic carbocycles. The van der Waals surface area contributed by atoms with Crippen LogP contribution in [0.25, 0.3) is 0 Å². The van der Waals surface area contributed by atoms with Crippen molar-refractivity contribution in [1.82, 2.24) is 0 Å². The zero-order valence-electron chi connectivity index (χ0n) is 22.6. The normalized spacial score (nSPS) is 20.7. The van der Waals surface area contributed by atoms with Gasteiger partial charge in [0.05, 0.1) is 13.2 Å². The second-order valence-electron chi connectivity index (χ2n) is 11.4. The predicted octanol–water partition coefficient (Wildman–Crippen LogP) is 9.82. The average Bonchev–Trinajstić information content (AvgIpc) is 2.89. The van der Waals surface area contributed by atoms with Crippen LogP contribution in [0.5, 0.6) is 0 Å². The summed E-state index contributed by atoms with van der Waals surface area (Å²) in [5.41, 5.74) is 9.11. The van der Waals surface area contributed by atoms with Gasteiger partial charge in [0.2, 0.25) is 0 Å². The van der Waals surface area contributed by atoms with Crippen molar-refractivity contribution in [3.8, 4) is 0 Å². The lowest BCUT2D eigenvalue weighted by Gasteiger charge is -2.23. The molecule has 0 bridgehead atoms. The molecule has 35 heavy (non-hydrogen) atoms. The molecule has 2 aromatic carbocycles. The van der Waals surface area contributed by atoms with Crippen molar-refractivity contribution >= 4 is 0 Å². The van der Waals surface area contributed by atoms with E-state index < -0.39 is 0 Å². The fourth-order valence-corrected chi connectivity index (χ4v) is 5.65. The quantitative estimate of drug-likeness (QED) is 0.248. The molecule has 0 heterocycles. The highest BCUT2D eigenvalue weighted by Crippen LogP contribution is 2.35. The molecule has 4 rings (SSSR count). The Bertz CT molecular complexity index is 893. The van der Waals surface area contributed by atoms with Gasteiger partial charge in [-0.2, -0.15) is 0 Å². The van der Waals surface area contributed by atoms with Gasteiger partial charge >= 0.3 is 0 Å². The van der Waals surface area contributed by atoms with Gasteiger partial charge in [-0.1, -0.05) is 99.5 Å². The van der Waals surface area contributed by atoms with Crippen LogP contribution in [0, 0.1) is 0 Å². The first kappa shape index (κ1) is 26.0. The monoisotopic (exact) mass is 470 g/mol. The Labute approximate surface area is 214 Å². The van der Waals surface area contributed by atoms with Gasteiger partial charge in [0, 0.05) is 0 Å². The van der Waals surface area contributed by atoms with Crippen LogP contribution in [0.2, 0.25) is 0 Å². The van der Waals surface area contributed by atoms with E-state index in [0.717, 1.165) is 26.1 Å². The minimum atomic E-state index is 0.612. The molecule has 2 aliphatic rings. The smallest absolute Gasteiger partial charge is 0.0503 e. The Kier molecular flexibility index (Phi) is 9.44. The van der Waals surface area contributed by atoms with Gasteiger partial charge in [-0.25, -0.2) is 0 Å². The molecule has 1 nitrogen and oxygen atoms in total. The van der Waals surface area contributed by atoms with Crippen LogP contribution >= 0.6 is 0 Å². The summed E-state index contributed by atoms with van der Waals surface area (Å²) in [6, 6.07) is 18.7. The summed E-state index contributed by atoms with van der Waals surface area (Å²) in [5, 5.41) is 0. The maximum atomic E-state index is 6.05. The summed E-state index contributed by atoms with van der Waals surface area (Å²) in [6.07, 6.45) is 14.6. The average molecular weight is 471 g/mol. The molecule has 0 N–H and O–H groups in total. The fourth-order valence-electron chi connectivity index (χ4n) is 5.65. The topological polar surface area (TPSA) is 9.23 Å². The van der Waals surface area contributed by atoms with Crippen LogP contribution in [0.1, 0.15) is 125 Å². The summed E-state index contributed by atoms with van der Waals surface area (Å²) in [4.78, 5) is 0. The molecule has 1 heteroatoms. The fraction of sp³-hybridized carbons (Fsp3) is 0.529. The number of hydrogen-bond donors (Lipinski definition) is 0. The third-order valence-electron chi connectivity index (χ3n) is 8.29. The first-order valence-electron chi connectivity index (χ1n) is 14.1. The first-order valence-corrected chi connectivity index (χ1v) is 14.1. The third kappa shape index (κ3) is 7.43. The summed E-state index contributed by atoms with van der Waals surface area (Å²) >= 11 is 0. The number of allylic oxidation sites excluding steroid dienone is 2. The second kappa shape index (κ2) is 12.7. The molecule has 0 fully saturated rings. The summed E-state index contributed by atoms with van der Waals surface area (Å²) in [6.45, 7) is 10.8. The molecule has 188 valence electrons. The van der Waals surface area contributed by atoms with E-state index in [0.29, 0.717) is 23.7 Å². The molecule has 0 spiro atoms. The maximum Gasteiger partial charge on any atom is 0.0503 e. The van der Waals surface area contributed by atoms with Crippen LogP contribution in [0.4, 0.5) is 0 Å². The molecule has 0 radical (unpaired) electrons. The number of hydrogen-bond acceptors (Lipinski definition) is 1. The Morgan fingerprint density at radius 3 is 1.34 bits per heavy atom. The summed E-state index contributed by atoms with van der Waals surface area (Å²) in [7, 11) is 0. The molecule has 2 atom stereocenters. The van der Waals surface area contributed by atoms with Crippen molar-refractivity contribution in [2.45, 2.75) is 103 Å². The summed E-state index contributed by atoms with van der Waals surface area (Å²) < 4.78 is 6.05. The van der Waals surface area contributed by atoms with Gasteiger partial charge in [-0.3, -0.25) is 0 Å². The van der Waals surface area contributed by atoms with Crippen LogP contribution in [0.3, 0.4) is 0 Å². The van der Waals surface area contributed by atoms with Gasteiger partial charge in [-0.05, 0) is 97.3 Å². The lowest BCUT2D eigenvalue weighted by Crippen LogP contribution is -2.08. The SMILES string of the molecule is CC(C)c1ccc(C2CC=C(CCOCCC3=CCC(c4ccc(C(C)C)cc4)CC3)CC2)cc1. The Hall–Kier alpha value is -2.12.